The number of methoxy groups -OCH3 is 1. The molecule has 0 aromatic heterocycles. The van der Waals surface area contributed by atoms with Crippen LogP contribution in [0.3, 0.4) is 0 Å². The zero-order chi connectivity index (χ0) is 15.5. The molecule has 1 aliphatic rings. The first-order valence-electron chi connectivity index (χ1n) is 7.15. The van der Waals surface area contributed by atoms with E-state index in [1.165, 1.54) is 0 Å². The van der Waals surface area contributed by atoms with Crippen LogP contribution in [0.15, 0.2) is 18.2 Å². The monoisotopic (exact) mass is 312 g/mol. The maximum absolute atomic E-state index is 12.8. The van der Waals surface area contributed by atoms with Gasteiger partial charge in [0.1, 0.15) is 11.4 Å². The molecule has 0 bridgehead atoms. The van der Waals surface area contributed by atoms with Crippen molar-refractivity contribution in [2.24, 2.45) is 0 Å². The Kier molecular flexibility index (Phi) is 5.20. The lowest BCUT2D eigenvalue weighted by Gasteiger charge is -2.29. The van der Waals surface area contributed by atoms with Gasteiger partial charge in [-0.2, -0.15) is 0 Å². The quantitative estimate of drug-likeness (QED) is 0.753. The van der Waals surface area contributed by atoms with Crippen molar-refractivity contribution >= 4 is 13.4 Å². The molecule has 5 nitrogen and oxygen atoms in total. The molecular weight excluding hydrogens is 291 g/mol. The minimum atomic E-state index is -3.41. The Hall–Kier alpha value is -1.16. The topological polar surface area (TPSA) is 61.8 Å². The normalized spacial score (nSPS) is 18.4. The van der Waals surface area contributed by atoms with Crippen LogP contribution < -0.4 is 4.74 Å². The zero-order valence-corrected chi connectivity index (χ0v) is 13.5. The molecule has 0 saturated carbocycles. The molecule has 2 rings (SSSR count). The van der Waals surface area contributed by atoms with Crippen LogP contribution in [0.5, 0.6) is 5.75 Å². The third-order valence-electron chi connectivity index (χ3n) is 3.57. The highest BCUT2D eigenvalue weighted by Crippen LogP contribution is 2.56. The number of rotatable bonds is 6. The first-order valence-corrected chi connectivity index (χ1v) is 8.76. The van der Waals surface area contributed by atoms with Gasteiger partial charge in [0.05, 0.1) is 20.3 Å². The van der Waals surface area contributed by atoms with Gasteiger partial charge in [-0.3, -0.25) is 9.36 Å². The molecule has 0 heterocycles. The molecule has 1 atom stereocenters. The summed E-state index contributed by atoms with van der Waals surface area (Å²) in [5.74, 6) is 0.557. The van der Waals surface area contributed by atoms with E-state index in [0.29, 0.717) is 18.4 Å². The second-order valence-corrected chi connectivity index (χ2v) is 7.04. The largest absolute Gasteiger partial charge is 0.497 e. The molecule has 0 radical (unpaired) electrons. The lowest BCUT2D eigenvalue weighted by molar-refractivity contribution is 0.0955. The predicted octanol–water partition coefficient (Wildman–Crippen LogP) is 3.46. The average Bonchev–Trinajstić information content (AvgIpc) is 2.47. The second-order valence-electron chi connectivity index (χ2n) is 4.82. The third kappa shape index (κ3) is 3.20. The number of carbonyl (C=O) groups excluding carboxylic acids is 1. The fourth-order valence-electron chi connectivity index (χ4n) is 2.63. The minimum Gasteiger partial charge on any atom is -0.497 e. The molecule has 0 aliphatic heterocycles. The van der Waals surface area contributed by atoms with E-state index in [1.54, 1.807) is 33.1 Å². The Morgan fingerprint density at radius 2 is 1.90 bits per heavy atom. The van der Waals surface area contributed by atoms with Crippen molar-refractivity contribution in [1.82, 2.24) is 0 Å². The van der Waals surface area contributed by atoms with Crippen molar-refractivity contribution in [2.45, 2.75) is 32.3 Å². The highest BCUT2D eigenvalue weighted by molar-refractivity contribution is 7.55. The number of fused-ring (bicyclic) bond motifs is 1. The predicted molar refractivity (Wildman–Crippen MR) is 80.3 cm³/mol. The van der Waals surface area contributed by atoms with Crippen LogP contribution in [0.1, 0.15) is 36.2 Å². The fourth-order valence-corrected chi connectivity index (χ4v) is 4.65. The standard InChI is InChI=1S/C15H21O5P/c1-4-19-21(17,20-5-2)14-9-6-11-10-12(18-3)7-8-13(11)15(14)16/h7-8,10,14H,4-6,9H2,1-3H3. The van der Waals surface area contributed by atoms with Crippen LogP contribution in [0, 0.1) is 0 Å². The summed E-state index contributed by atoms with van der Waals surface area (Å²) < 4.78 is 28.6. The van der Waals surface area contributed by atoms with Gasteiger partial charge in [-0.05, 0) is 50.5 Å². The molecule has 0 N–H and O–H groups in total. The van der Waals surface area contributed by atoms with Crippen LogP contribution in [0.2, 0.25) is 0 Å². The van der Waals surface area contributed by atoms with Crippen molar-refractivity contribution < 1.29 is 23.1 Å². The second kappa shape index (κ2) is 6.73. The van der Waals surface area contributed by atoms with E-state index >= 15 is 0 Å². The van der Waals surface area contributed by atoms with Gasteiger partial charge in [-0.25, -0.2) is 0 Å². The number of hydrogen-bond acceptors (Lipinski definition) is 5. The van der Waals surface area contributed by atoms with Gasteiger partial charge >= 0.3 is 7.60 Å². The summed E-state index contributed by atoms with van der Waals surface area (Å²) in [6, 6.07) is 5.33. The van der Waals surface area contributed by atoms with Gasteiger partial charge in [-0.15, -0.1) is 0 Å². The van der Waals surface area contributed by atoms with Crippen molar-refractivity contribution in [3.63, 3.8) is 0 Å². The first kappa shape index (κ1) is 16.2. The van der Waals surface area contributed by atoms with E-state index in [1.807, 2.05) is 6.07 Å². The van der Waals surface area contributed by atoms with E-state index < -0.39 is 13.3 Å². The van der Waals surface area contributed by atoms with E-state index in [0.717, 1.165) is 11.3 Å². The number of benzene rings is 1. The maximum atomic E-state index is 12.8. The van der Waals surface area contributed by atoms with E-state index in [2.05, 4.69) is 0 Å². The molecule has 6 heteroatoms. The summed E-state index contributed by atoms with van der Waals surface area (Å²) in [6.07, 6.45) is 1.13. The Balaban J connectivity index is 2.33. The number of hydrogen-bond donors (Lipinski definition) is 0. The van der Waals surface area contributed by atoms with Gasteiger partial charge in [0.25, 0.3) is 0 Å². The molecule has 1 unspecified atom stereocenters. The summed E-state index contributed by atoms with van der Waals surface area (Å²) in [5.41, 5.74) is 0.806. The first-order chi connectivity index (χ1) is 10.1. The molecule has 1 aromatic rings. The highest BCUT2D eigenvalue weighted by atomic mass is 31.2. The lowest BCUT2D eigenvalue weighted by atomic mass is 9.90. The van der Waals surface area contributed by atoms with E-state index in [9.17, 15) is 9.36 Å². The van der Waals surface area contributed by atoms with Crippen LogP contribution in [0.25, 0.3) is 0 Å². The van der Waals surface area contributed by atoms with Gasteiger partial charge in [0.15, 0.2) is 5.78 Å². The molecule has 1 aromatic carbocycles. The molecule has 0 amide bonds. The van der Waals surface area contributed by atoms with E-state index in [-0.39, 0.29) is 19.0 Å². The SMILES string of the molecule is CCOP(=O)(OCC)C1CCc2cc(OC)ccc2C1=O. The third-order valence-corrected chi connectivity index (χ3v) is 6.06. The lowest BCUT2D eigenvalue weighted by Crippen LogP contribution is -2.29. The van der Waals surface area contributed by atoms with Crippen molar-refractivity contribution in [3.05, 3.63) is 29.3 Å². The zero-order valence-electron chi connectivity index (χ0n) is 12.6. The molecule has 0 spiro atoms. The highest BCUT2D eigenvalue weighted by Gasteiger charge is 2.43. The van der Waals surface area contributed by atoms with Crippen LogP contribution in [-0.2, 0) is 20.0 Å². The smallest absolute Gasteiger partial charge is 0.341 e. The van der Waals surface area contributed by atoms with Gasteiger partial charge in [0, 0.05) is 5.56 Å². The van der Waals surface area contributed by atoms with Gasteiger partial charge in [-0.1, -0.05) is 0 Å². The summed E-state index contributed by atoms with van der Waals surface area (Å²) in [7, 11) is -1.82. The Labute approximate surface area is 125 Å². The Bertz CT molecular complexity index is 559. The van der Waals surface area contributed by atoms with Crippen LogP contribution in [0.4, 0.5) is 0 Å². The fraction of sp³-hybridized carbons (Fsp3) is 0.533. The number of Topliss-reactive ketones (excluding diaryl/α,β-unsaturated/α-hetero) is 1. The summed E-state index contributed by atoms with van der Waals surface area (Å²) in [6.45, 7) is 4.02. The van der Waals surface area contributed by atoms with Crippen LogP contribution in [-0.4, -0.2) is 31.8 Å². The molecule has 116 valence electrons. The van der Waals surface area contributed by atoms with Gasteiger partial charge < -0.3 is 13.8 Å². The number of carbonyl (C=O) groups is 1. The van der Waals surface area contributed by atoms with Crippen molar-refractivity contribution in [1.29, 1.82) is 0 Å². The Morgan fingerprint density at radius 3 is 2.48 bits per heavy atom. The van der Waals surface area contributed by atoms with Gasteiger partial charge in [0.2, 0.25) is 0 Å². The van der Waals surface area contributed by atoms with Crippen molar-refractivity contribution in [3.8, 4) is 5.75 Å². The van der Waals surface area contributed by atoms with Crippen LogP contribution >= 0.6 is 7.60 Å². The van der Waals surface area contributed by atoms with E-state index in [4.69, 9.17) is 13.8 Å². The summed E-state index contributed by atoms with van der Waals surface area (Å²) in [5, 5.41) is 0. The number of ether oxygens (including phenoxy) is 1. The van der Waals surface area contributed by atoms with Crippen molar-refractivity contribution in [2.75, 3.05) is 20.3 Å². The summed E-state index contributed by atoms with van der Waals surface area (Å²) in [4.78, 5) is 12.6. The molecule has 21 heavy (non-hydrogen) atoms. The molecule has 0 fully saturated rings. The molecule has 1 aliphatic carbocycles. The molecule has 0 saturated heterocycles. The Morgan fingerprint density at radius 1 is 1.24 bits per heavy atom. The summed E-state index contributed by atoms with van der Waals surface area (Å²) >= 11 is 0. The molecular formula is C15H21O5P. The minimum absolute atomic E-state index is 0.163. The average molecular weight is 312 g/mol. The number of aryl methyl sites for hydroxylation is 1. The number of ketones is 1. The maximum Gasteiger partial charge on any atom is 0.341 e.